The number of rotatable bonds is 7. The summed E-state index contributed by atoms with van der Waals surface area (Å²) in [7, 11) is 0. The summed E-state index contributed by atoms with van der Waals surface area (Å²) in [6, 6.07) is 4.26. The van der Waals surface area contributed by atoms with Gasteiger partial charge in [-0.2, -0.15) is 0 Å². The van der Waals surface area contributed by atoms with Crippen LogP contribution in [0.5, 0.6) is 0 Å². The molecule has 1 N–H and O–H groups in total. The van der Waals surface area contributed by atoms with Gasteiger partial charge in [0.25, 0.3) is 5.91 Å². The standard InChI is InChI=1S/C17H26FNO/c1-5-6-7-10-17(3,4)12-19-16(20)15-9-8-14(18)11-13(15)2/h8-9,11H,5-7,10,12H2,1-4H3,(H,19,20). The molecule has 0 unspecified atom stereocenters. The first kappa shape index (κ1) is 16.7. The van der Waals surface area contributed by atoms with Crippen LogP contribution in [0.15, 0.2) is 18.2 Å². The number of hydrogen-bond donors (Lipinski definition) is 1. The van der Waals surface area contributed by atoms with Gasteiger partial charge in [-0.1, -0.05) is 40.0 Å². The molecule has 0 aromatic heterocycles. The van der Waals surface area contributed by atoms with Crippen molar-refractivity contribution in [3.05, 3.63) is 35.1 Å². The smallest absolute Gasteiger partial charge is 0.251 e. The third-order valence-corrected chi connectivity index (χ3v) is 3.62. The van der Waals surface area contributed by atoms with Gasteiger partial charge < -0.3 is 5.32 Å². The Labute approximate surface area is 121 Å². The zero-order valence-electron chi connectivity index (χ0n) is 13.1. The minimum atomic E-state index is -0.307. The van der Waals surface area contributed by atoms with Crippen molar-refractivity contribution in [1.29, 1.82) is 0 Å². The molecule has 0 heterocycles. The molecule has 0 saturated carbocycles. The molecule has 0 fully saturated rings. The maximum Gasteiger partial charge on any atom is 0.251 e. The van der Waals surface area contributed by atoms with Crippen molar-refractivity contribution < 1.29 is 9.18 Å². The van der Waals surface area contributed by atoms with E-state index in [2.05, 4.69) is 26.1 Å². The molecule has 0 bridgehead atoms. The maximum absolute atomic E-state index is 13.0. The SMILES string of the molecule is CCCCCC(C)(C)CNC(=O)c1ccc(F)cc1C. The zero-order chi connectivity index (χ0) is 15.2. The van der Waals surface area contributed by atoms with Crippen molar-refractivity contribution in [3.8, 4) is 0 Å². The van der Waals surface area contributed by atoms with E-state index in [0.717, 1.165) is 6.42 Å². The molecule has 0 radical (unpaired) electrons. The second kappa shape index (κ2) is 7.41. The Morgan fingerprint density at radius 1 is 1.30 bits per heavy atom. The van der Waals surface area contributed by atoms with Gasteiger partial charge in [-0.15, -0.1) is 0 Å². The second-order valence-corrected chi connectivity index (χ2v) is 6.26. The summed E-state index contributed by atoms with van der Waals surface area (Å²) in [5.41, 5.74) is 1.32. The summed E-state index contributed by atoms with van der Waals surface area (Å²) < 4.78 is 13.0. The average molecular weight is 279 g/mol. The van der Waals surface area contributed by atoms with Gasteiger partial charge in [-0.25, -0.2) is 4.39 Å². The molecule has 0 saturated heterocycles. The largest absolute Gasteiger partial charge is 0.351 e. The van der Waals surface area contributed by atoms with Crippen LogP contribution < -0.4 is 5.32 Å². The molecule has 1 rings (SSSR count). The van der Waals surface area contributed by atoms with Gasteiger partial charge in [0.05, 0.1) is 0 Å². The van der Waals surface area contributed by atoms with E-state index in [9.17, 15) is 9.18 Å². The molecule has 0 aliphatic heterocycles. The molecule has 1 aromatic carbocycles. The van der Waals surface area contributed by atoms with Gasteiger partial charge in [0.2, 0.25) is 0 Å². The number of carbonyl (C=O) groups is 1. The van der Waals surface area contributed by atoms with Crippen LogP contribution in [0, 0.1) is 18.2 Å². The summed E-state index contributed by atoms with van der Waals surface area (Å²) in [4.78, 5) is 12.1. The Balaban J connectivity index is 2.54. The first-order chi connectivity index (χ1) is 9.35. The van der Waals surface area contributed by atoms with Crippen LogP contribution in [-0.2, 0) is 0 Å². The molecule has 0 aliphatic rings. The topological polar surface area (TPSA) is 29.1 Å². The van der Waals surface area contributed by atoms with Crippen LogP contribution in [0.25, 0.3) is 0 Å². The Morgan fingerprint density at radius 3 is 2.60 bits per heavy atom. The molecule has 20 heavy (non-hydrogen) atoms. The fourth-order valence-electron chi connectivity index (χ4n) is 2.24. The zero-order valence-corrected chi connectivity index (χ0v) is 13.1. The molecule has 0 atom stereocenters. The quantitative estimate of drug-likeness (QED) is 0.733. The highest BCUT2D eigenvalue weighted by Crippen LogP contribution is 2.23. The number of nitrogens with one attached hydrogen (secondary N) is 1. The van der Waals surface area contributed by atoms with Crippen LogP contribution in [0.4, 0.5) is 4.39 Å². The number of hydrogen-bond acceptors (Lipinski definition) is 1. The van der Waals surface area contributed by atoms with E-state index >= 15 is 0 Å². The molecule has 0 aliphatic carbocycles. The van der Waals surface area contributed by atoms with Gasteiger partial charge in [0.1, 0.15) is 5.82 Å². The summed E-state index contributed by atoms with van der Waals surface area (Å²) in [6.07, 6.45) is 4.73. The molecular formula is C17H26FNO. The summed E-state index contributed by atoms with van der Waals surface area (Å²) in [6.45, 7) is 8.92. The number of halogens is 1. The molecule has 1 amide bonds. The maximum atomic E-state index is 13.0. The molecular weight excluding hydrogens is 253 g/mol. The molecule has 1 aromatic rings. The normalized spacial score (nSPS) is 11.4. The van der Waals surface area contributed by atoms with E-state index in [1.54, 1.807) is 13.0 Å². The van der Waals surface area contributed by atoms with Crippen molar-refractivity contribution in [2.24, 2.45) is 5.41 Å². The number of carbonyl (C=O) groups excluding carboxylic acids is 1. The predicted molar refractivity (Wildman–Crippen MR) is 81.4 cm³/mol. The Bertz CT molecular complexity index is 454. The van der Waals surface area contributed by atoms with Crippen LogP contribution in [-0.4, -0.2) is 12.5 Å². The minimum Gasteiger partial charge on any atom is -0.351 e. The van der Waals surface area contributed by atoms with Crippen LogP contribution in [0.3, 0.4) is 0 Å². The predicted octanol–water partition coefficient (Wildman–Crippen LogP) is 4.47. The first-order valence-corrected chi connectivity index (χ1v) is 7.40. The monoisotopic (exact) mass is 279 g/mol. The first-order valence-electron chi connectivity index (χ1n) is 7.40. The third-order valence-electron chi connectivity index (χ3n) is 3.62. The van der Waals surface area contributed by atoms with Gasteiger partial charge >= 0.3 is 0 Å². The number of benzene rings is 1. The lowest BCUT2D eigenvalue weighted by atomic mass is 9.87. The van der Waals surface area contributed by atoms with Crippen LogP contribution in [0.2, 0.25) is 0 Å². The molecule has 0 spiro atoms. The van der Waals surface area contributed by atoms with E-state index in [0.29, 0.717) is 17.7 Å². The van der Waals surface area contributed by atoms with Crippen molar-refractivity contribution in [2.45, 2.75) is 53.4 Å². The van der Waals surface area contributed by atoms with Gasteiger partial charge in [0, 0.05) is 12.1 Å². The van der Waals surface area contributed by atoms with E-state index in [1.807, 2.05) is 0 Å². The second-order valence-electron chi connectivity index (χ2n) is 6.26. The fraction of sp³-hybridized carbons (Fsp3) is 0.588. The lowest BCUT2D eigenvalue weighted by Crippen LogP contribution is -2.34. The van der Waals surface area contributed by atoms with Crippen LogP contribution >= 0.6 is 0 Å². The lowest BCUT2D eigenvalue weighted by molar-refractivity contribution is 0.0933. The molecule has 112 valence electrons. The third kappa shape index (κ3) is 5.32. The van der Waals surface area contributed by atoms with Crippen molar-refractivity contribution in [3.63, 3.8) is 0 Å². The number of unbranched alkanes of at least 4 members (excludes halogenated alkanes) is 2. The molecule has 2 nitrogen and oxygen atoms in total. The highest BCUT2D eigenvalue weighted by Gasteiger charge is 2.19. The lowest BCUT2D eigenvalue weighted by Gasteiger charge is -2.25. The molecule has 3 heteroatoms. The number of amides is 1. The van der Waals surface area contributed by atoms with Crippen molar-refractivity contribution in [2.75, 3.05) is 6.54 Å². The Kier molecular flexibility index (Phi) is 6.18. The Hall–Kier alpha value is -1.38. The summed E-state index contributed by atoms with van der Waals surface area (Å²) >= 11 is 0. The van der Waals surface area contributed by atoms with Gasteiger partial charge in [0.15, 0.2) is 0 Å². The van der Waals surface area contributed by atoms with E-state index in [-0.39, 0.29) is 17.1 Å². The highest BCUT2D eigenvalue weighted by molar-refractivity contribution is 5.95. The Morgan fingerprint density at radius 2 is 2.00 bits per heavy atom. The van der Waals surface area contributed by atoms with Gasteiger partial charge in [-0.3, -0.25) is 4.79 Å². The van der Waals surface area contributed by atoms with E-state index in [4.69, 9.17) is 0 Å². The fourth-order valence-corrected chi connectivity index (χ4v) is 2.24. The minimum absolute atomic E-state index is 0.0960. The van der Waals surface area contributed by atoms with E-state index < -0.39 is 0 Å². The highest BCUT2D eigenvalue weighted by atomic mass is 19.1. The van der Waals surface area contributed by atoms with E-state index in [1.165, 1.54) is 31.4 Å². The average Bonchev–Trinajstić information content (AvgIpc) is 2.36. The van der Waals surface area contributed by atoms with Crippen LogP contribution in [0.1, 0.15) is 62.4 Å². The number of aryl methyl sites for hydroxylation is 1. The van der Waals surface area contributed by atoms with Crippen molar-refractivity contribution in [1.82, 2.24) is 5.32 Å². The van der Waals surface area contributed by atoms with Gasteiger partial charge in [-0.05, 0) is 42.5 Å². The van der Waals surface area contributed by atoms with Crippen molar-refractivity contribution >= 4 is 5.91 Å². The summed E-state index contributed by atoms with van der Waals surface area (Å²) in [5.74, 6) is -0.426. The summed E-state index contributed by atoms with van der Waals surface area (Å²) in [5, 5.41) is 2.97.